The Morgan fingerprint density at radius 2 is 1.85 bits per heavy atom. The molecule has 136 valence electrons. The molecule has 0 bridgehead atoms. The zero-order chi connectivity index (χ0) is 18.6. The van der Waals surface area contributed by atoms with Gasteiger partial charge in [-0.25, -0.2) is 0 Å². The largest absolute Gasteiger partial charge is 0.496 e. The molecular weight excluding hydrogens is 356 g/mol. The average molecular weight is 376 g/mol. The monoisotopic (exact) mass is 376 g/mol. The summed E-state index contributed by atoms with van der Waals surface area (Å²) in [5.41, 5.74) is 3.19. The minimum atomic E-state index is 0.788. The molecule has 0 spiro atoms. The van der Waals surface area contributed by atoms with Gasteiger partial charge in [-0.3, -0.25) is 4.98 Å². The molecule has 0 unspecified atom stereocenters. The van der Waals surface area contributed by atoms with Crippen molar-refractivity contribution in [3.63, 3.8) is 0 Å². The van der Waals surface area contributed by atoms with Crippen molar-refractivity contribution in [3.05, 3.63) is 66.4 Å². The number of para-hydroxylation sites is 2. The molecule has 0 aliphatic heterocycles. The molecule has 2 aromatic carbocycles. The van der Waals surface area contributed by atoms with E-state index >= 15 is 0 Å². The molecule has 0 radical (unpaired) electrons. The Morgan fingerprint density at radius 1 is 1.00 bits per heavy atom. The number of pyridine rings is 1. The molecule has 5 nitrogen and oxygen atoms in total. The molecule has 0 fully saturated rings. The Balaban J connectivity index is 1.64. The molecule has 4 aromatic rings. The quantitative estimate of drug-likeness (QED) is 0.452. The molecule has 27 heavy (non-hydrogen) atoms. The molecule has 0 aliphatic carbocycles. The van der Waals surface area contributed by atoms with Crippen LogP contribution in [0.2, 0.25) is 0 Å². The maximum atomic E-state index is 5.49. The molecule has 0 amide bonds. The van der Waals surface area contributed by atoms with Crippen molar-refractivity contribution in [2.75, 3.05) is 7.11 Å². The van der Waals surface area contributed by atoms with Crippen molar-refractivity contribution in [2.24, 2.45) is 0 Å². The van der Waals surface area contributed by atoms with Crippen LogP contribution < -0.4 is 4.74 Å². The summed E-state index contributed by atoms with van der Waals surface area (Å²) in [4.78, 5) is 4.54. The maximum Gasteiger partial charge on any atom is 0.191 e. The van der Waals surface area contributed by atoms with E-state index in [1.165, 1.54) is 5.56 Å². The lowest BCUT2D eigenvalue weighted by Gasteiger charge is -2.10. The first-order valence-corrected chi connectivity index (χ1v) is 9.82. The summed E-state index contributed by atoms with van der Waals surface area (Å²) in [6.45, 7) is 2.89. The highest BCUT2D eigenvalue weighted by Gasteiger charge is 2.16. The maximum absolute atomic E-state index is 5.49. The van der Waals surface area contributed by atoms with Crippen molar-refractivity contribution in [3.8, 4) is 17.1 Å². The van der Waals surface area contributed by atoms with Crippen molar-refractivity contribution in [2.45, 2.75) is 24.4 Å². The Hall–Kier alpha value is -2.86. The van der Waals surface area contributed by atoms with Gasteiger partial charge in [0.25, 0.3) is 0 Å². The third kappa shape index (κ3) is 3.40. The van der Waals surface area contributed by atoms with E-state index in [1.807, 2.05) is 36.5 Å². The van der Waals surface area contributed by atoms with Crippen LogP contribution in [0.25, 0.3) is 22.3 Å². The molecule has 6 heteroatoms. The van der Waals surface area contributed by atoms with Crippen molar-refractivity contribution in [1.29, 1.82) is 0 Å². The van der Waals surface area contributed by atoms with Gasteiger partial charge >= 0.3 is 0 Å². The number of aromatic nitrogens is 4. The third-order valence-corrected chi connectivity index (χ3v) is 5.47. The highest BCUT2D eigenvalue weighted by Crippen LogP contribution is 2.32. The van der Waals surface area contributed by atoms with Crippen LogP contribution >= 0.6 is 11.8 Å². The molecule has 4 rings (SSSR count). The van der Waals surface area contributed by atoms with E-state index in [2.05, 4.69) is 50.9 Å². The third-order valence-electron chi connectivity index (χ3n) is 4.45. The number of hydrogen-bond acceptors (Lipinski definition) is 5. The average Bonchev–Trinajstić information content (AvgIpc) is 3.14. The first-order chi connectivity index (χ1) is 13.3. The van der Waals surface area contributed by atoms with Crippen LogP contribution in [0.4, 0.5) is 0 Å². The summed E-state index contributed by atoms with van der Waals surface area (Å²) < 4.78 is 7.62. The first-order valence-electron chi connectivity index (χ1n) is 8.84. The number of nitrogens with zero attached hydrogens (tertiary/aromatic N) is 4. The fraction of sp³-hybridized carbons (Fsp3) is 0.190. The van der Waals surface area contributed by atoms with E-state index in [0.29, 0.717) is 0 Å². The van der Waals surface area contributed by atoms with Gasteiger partial charge in [-0.05, 0) is 30.7 Å². The Labute approximate surface area is 162 Å². The second-order valence-corrected chi connectivity index (χ2v) is 6.97. The minimum Gasteiger partial charge on any atom is -0.496 e. The Bertz CT molecular complexity index is 1070. The molecule has 0 atom stereocenters. The normalized spacial score (nSPS) is 11.0. The predicted octanol–water partition coefficient (Wildman–Crippen LogP) is 4.81. The van der Waals surface area contributed by atoms with Crippen LogP contribution in [0.3, 0.4) is 0 Å². The summed E-state index contributed by atoms with van der Waals surface area (Å²) in [6.07, 6.45) is 1.84. The molecule has 0 saturated carbocycles. The highest BCUT2D eigenvalue weighted by molar-refractivity contribution is 7.98. The van der Waals surface area contributed by atoms with E-state index in [-0.39, 0.29) is 0 Å². The van der Waals surface area contributed by atoms with Gasteiger partial charge in [0.1, 0.15) is 5.75 Å². The second-order valence-electron chi connectivity index (χ2n) is 6.03. The van der Waals surface area contributed by atoms with Crippen molar-refractivity contribution < 1.29 is 4.74 Å². The first kappa shape index (κ1) is 17.5. The summed E-state index contributed by atoms with van der Waals surface area (Å²) in [6, 6.07) is 18.2. The topological polar surface area (TPSA) is 52.8 Å². The SMILES string of the molecule is CCn1c(SCc2cccc3cccnc23)nnc1-c1ccccc1OC. The molecule has 0 aliphatic rings. The molecule has 2 heterocycles. The van der Waals surface area contributed by atoms with Crippen LogP contribution in [0.15, 0.2) is 66.0 Å². The van der Waals surface area contributed by atoms with Crippen molar-refractivity contribution >= 4 is 22.7 Å². The second kappa shape index (κ2) is 7.80. The van der Waals surface area contributed by atoms with Gasteiger partial charge in [-0.1, -0.05) is 48.2 Å². The van der Waals surface area contributed by atoms with E-state index in [0.717, 1.165) is 45.5 Å². The summed E-state index contributed by atoms with van der Waals surface area (Å²) in [5.74, 6) is 2.42. The lowest BCUT2D eigenvalue weighted by atomic mass is 10.1. The summed E-state index contributed by atoms with van der Waals surface area (Å²) in [7, 11) is 1.68. The Kier molecular flexibility index (Phi) is 5.07. The molecule has 2 aromatic heterocycles. The summed E-state index contributed by atoms with van der Waals surface area (Å²) in [5, 5.41) is 10.9. The number of methoxy groups -OCH3 is 1. The lowest BCUT2D eigenvalue weighted by Crippen LogP contribution is -2.01. The van der Waals surface area contributed by atoms with E-state index < -0.39 is 0 Å². The fourth-order valence-corrected chi connectivity index (χ4v) is 4.12. The van der Waals surface area contributed by atoms with E-state index in [1.54, 1.807) is 18.9 Å². The van der Waals surface area contributed by atoms with Crippen LogP contribution in [0, 0.1) is 0 Å². The van der Waals surface area contributed by atoms with Gasteiger partial charge in [0.15, 0.2) is 11.0 Å². The number of thioether (sulfide) groups is 1. The zero-order valence-electron chi connectivity index (χ0n) is 15.3. The molecular formula is C21H20N4OS. The number of hydrogen-bond donors (Lipinski definition) is 0. The van der Waals surface area contributed by atoms with Gasteiger partial charge in [-0.15, -0.1) is 10.2 Å². The summed E-state index contributed by atoms with van der Waals surface area (Å²) >= 11 is 1.68. The minimum absolute atomic E-state index is 0.788. The standard InChI is InChI=1S/C21H20N4OS/c1-3-25-20(17-11-4-5-12-18(17)26-2)23-24-21(25)27-14-16-9-6-8-15-10-7-13-22-19(15)16/h4-13H,3,14H2,1-2H3. The van der Waals surface area contributed by atoms with Crippen LogP contribution in [-0.2, 0) is 12.3 Å². The van der Waals surface area contributed by atoms with E-state index in [9.17, 15) is 0 Å². The van der Waals surface area contributed by atoms with Gasteiger partial charge in [0, 0.05) is 23.9 Å². The van der Waals surface area contributed by atoms with Gasteiger partial charge < -0.3 is 9.30 Å². The number of ether oxygens (including phenoxy) is 1. The Morgan fingerprint density at radius 3 is 2.70 bits per heavy atom. The highest BCUT2D eigenvalue weighted by atomic mass is 32.2. The van der Waals surface area contributed by atoms with Crippen LogP contribution in [0.1, 0.15) is 12.5 Å². The van der Waals surface area contributed by atoms with Gasteiger partial charge in [0.2, 0.25) is 0 Å². The lowest BCUT2D eigenvalue weighted by molar-refractivity contribution is 0.416. The number of benzene rings is 2. The van der Waals surface area contributed by atoms with Gasteiger partial charge in [0.05, 0.1) is 18.2 Å². The fourth-order valence-electron chi connectivity index (χ4n) is 3.14. The zero-order valence-corrected chi connectivity index (χ0v) is 16.1. The van der Waals surface area contributed by atoms with Crippen molar-refractivity contribution in [1.82, 2.24) is 19.7 Å². The van der Waals surface area contributed by atoms with Crippen LogP contribution in [0.5, 0.6) is 5.75 Å². The predicted molar refractivity (Wildman–Crippen MR) is 109 cm³/mol. The van der Waals surface area contributed by atoms with Gasteiger partial charge in [-0.2, -0.15) is 0 Å². The number of fused-ring (bicyclic) bond motifs is 1. The smallest absolute Gasteiger partial charge is 0.191 e. The van der Waals surface area contributed by atoms with E-state index in [4.69, 9.17) is 4.74 Å². The number of rotatable bonds is 6. The molecule has 0 N–H and O–H groups in total. The molecule has 0 saturated heterocycles. The van der Waals surface area contributed by atoms with Crippen LogP contribution in [-0.4, -0.2) is 26.9 Å².